The molecule has 0 saturated heterocycles. The number of anilines is 2. The number of pyridine rings is 1. The summed E-state index contributed by atoms with van der Waals surface area (Å²) in [6, 6.07) is 5.66. The lowest BCUT2D eigenvalue weighted by molar-refractivity contribution is 0.0955. The van der Waals surface area contributed by atoms with Crippen LogP contribution < -0.4 is 26.0 Å². The number of hydrogen-bond acceptors (Lipinski definition) is 8. The highest BCUT2D eigenvalue weighted by Gasteiger charge is 2.17. The SMILES string of the molecule is CN=C(NC#N)NCCNC(=O)c1cnccc1Nc1nc(-c2cc(Cl)ccc2F)ncc1OC. The van der Waals surface area contributed by atoms with Gasteiger partial charge in [-0.25, -0.2) is 14.4 Å². The first-order chi connectivity index (χ1) is 17.0. The molecule has 1 aromatic carbocycles. The number of nitrogens with one attached hydrogen (secondary N) is 4. The maximum atomic E-state index is 14.3. The quantitative estimate of drug-likeness (QED) is 0.121. The van der Waals surface area contributed by atoms with Gasteiger partial charge in [-0.3, -0.25) is 20.1 Å². The number of ether oxygens (including phenoxy) is 1. The van der Waals surface area contributed by atoms with Gasteiger partial charge in [0.2, 0.25) is 5.96 Å². The smallest absolute Gasteiger partial charge is 0.255 e. The van der Waals surface area contributed by atoms with Gasteiger partial charge in [0.05, 0.1) is 30.1 Å². The number of nitrogens with zero attached hydrogens (tertiary/aromatic N) is 5. The van der Waals surface area contributed by atoms with Crippen LogP contribution in [0.2, 0.25) is 5.02 Å². The molecule has 0 aliphatic heterocycles. The molecule has 0 radical (unpaired) electrons. The minimum Gasteiger partial charge on any atom is -0.491 e. The van der Waals surface area contributed by atoms with Gasteiger partial charge in [-0.05, 0) is 24.3 Å². The Labute approximate surface area is 205 Å². The van der Waals surface area contributed by atoms with Crippen molar-refractivity contribution in [3.63, 3.8) is 0 Å². The van der Waals surface area contributed by atoms with Gasteiger partial charge in [0.1, 0.15) is 5.82 Å². The van der Waals surface area contributed by atoms with Crippen LogP contribution in [0.25, 0.3) is 11.4 Å². The van der Waals surface area contributed by atoms with Crippen molar-refractivity contribution in [3.8, 4) is 23.3 Å². The number of halogens is 2. The van der Waals surface area contributed by atoms with E-state index in [2.05, 4.69) is 41.2 Å². The van der Waals surface area contributed by atoms with Crippen molar-refractivity contribution in [2.75, 3.05) is 32.6 Å². The molecule has 2 aromatic heterocycles. The summed E-state index contributed by atoms with van der Waals surface area (Å²) >= 11 is 6.00. The topological polar surface area (TPSA) is 149 Å². The van der Waals surface area contributed by atoms with E-state index in [1.54, 1.807) is 12.3 Å². The molecular formula is C22H21ClFN9O2. The Hall–Kier alpha value is -4.50. The first-order valence-electron chi connectivity index (χ1n) is 10.2. The summed E-state index contributed by atoms with van der Waals surface area (Å²) in [7, 11) is 2.96. The van der Waals surface area contributed by atoms with E-state index in [0.717, 1.165) is 0 Å². The number of amides is 1. The van der Waals surface area contributed by atoms with E-state index in [0.29, 0.717) is 17.3 Å². The average Bonchev–Trinajstić information content (AvgIpc) is 2.87. The molecule has 1 amide bonds. The zero-order valence-corrected chi connectivity index (χ0v) is 19.5. The van der Waals surface area contributed by atoms with E-state index in [4.69, 9.17) is 21.6 Å². The molecule has 3 aromatic rings. The van der Waals surface area contributed by atoms with E-state index < -0.39 is 11.7 Å². The Morgan fingerprint density at radius 3 is 2.80 bits per heavy atom. The maximum absolute atomic E-state index is 14.3. The van der Waals surface area contributed by atoms with Crippen molar-refractivity contribution >= 4 is 35.0 Å². The van der Waals surface area contributed by atoms with Crippen molar-refractivity contribution in [2.24, 2.45) is 4.99 Å². The van der Waals surface area contributed by atoms with Crippen LogP contribution in [-0.2, 0) is 0 Å². The molecule has 3 rings (SSSR count). The molecule has 11 nitrogen and oxygen atoms in total. The molecule has 0 aliphatic rings. The summed E-state index contributed by atoms with van der Waals surface area (Å²) in [5, 5.41) is 20.0. The number of benzene rings is 1. The van der Waals surface area contributed by atoms with Crippen LogP contribution in [0, 0.1) is 17.3 Å². The van der Waals surface area contributed by atoms with Crippen molar-refractivity contribution in [1.29, 1.82) is 5.26 Å². The Morgan fingerprint density at radius 2 is 2.06 bits per heavy atom. The number of rotatable bonds is 8. The predicted molar refractivity (Wildman–Crippen MR) is 129 cm³/mol. The minimum atomic E-state index is -0.538. The van der Waals surface area contributed by atoms with Crippen molar-refractivity contribution in [3.05, 3.63) is 59.3 Å². The highest BCUT2D eigenvalue weighted by molar-refractivity contribution is 6.30. The molecule has 35 heavy (non-hydrogen) atoms. The van der Waals surface area contributed by atoms with Gasteiger partial charge >= 0.3 is 0 Å². The van der Waals surface area contributed by atoms with Crippen molar-refractivity contribution in [2.45, 2.75) is 0 Å². The number of methoxy groups -OCH3 is 1. The molecule has 2 heterocycles. The molecular weight excluding hydrogens is 477 g/mol. The number of nitriles is 1. The number of hydrogen-bond donors (Lipinski definition) is 4. The fourth-order valence-corrected chi connectivity index (χ4v) is 3.08. The molecule has 0 atom stereocenters. The number of aliphatic imine (C=N–C) groups is 1. The molecule has 0 fully saturated rings. The summed E-state index contributed by atoms with van der Waals surface area (Å²) in [5.41, 5.74) is 0.745. The molecule has 0 bridgehead atoms. The molecule has 13 heteroatoms. The standard InChI is InChI=1S/C22H21ClFN9O2/c1-26-22(31-12-25)29-8-7-28-21(34)15-10-27-6-5-17(15)32-20-18(35-2)11-30-19(33-20)14-9-13(23)3-4-16(14)24/h3-6,9-11H,7-8H2,1-2H3,(H,28,34)(H2,26,29,31)(H,27,30,32,33). The molecule has 0 saturated carbocycles. The fraction of sp³-hybridized carbons (Fsp3) is 0.182. The normalized spacial score (nSPS) is 10.8. The third kappa shape index (κ3) is 6.52. The maximum Gasteiger partial charge on any atom is 0.255 e. The van der Waals surface area contributed by atoms with Crippen LogP contribution in [0.5, 0.6) is 5.75 Å². The molecule has 0 spiro atoms. The fourth-order valence-electron chi connectivity index (χ4n) is 2.90. The summed E-state index contributed by atoms with van der Waals surface area (Å²) in [6.07, 6.45) is 6.05. The lowest BCUT2D eigenvalue weighted by atomic mass is 10.2. The Morgan fingerprint density at radius 1 is 1.26 bits per heavy atom. The lowest BCUT2D eigenvalue weighted by Crippen LogP contribution is -2.39. The Kier molecular flexibility index (Phi) is 8.69. The van der Waals surface area contributed by atoms with Gasteiger partial charge in [0.25, 0.3) is 5.91 Å². The zero-order chi connectivity index (χ0) is 25.2. The van der Waals surface area contributed by atoms with Gasteiger partial charge in [-0.2, -0.15) is 5.26 Å². The zero-order valence-electron chi connectivity index (χ0n) is 18.8. The minimum absolute atomic E-state index is 0.0822. The van der Waals surface area contributed by atoms with Crippen LogP contribution in [0.15, 0.2) is 47.8 Å². The van der Waals surface area contributed by atoms with Gasteiger partial charge in [0.15, 0.2) is 23.6 Å². The highest BCUT2D eigenvalue weighted by atomic mass is 35.5. The first-order valence-corrected chi connectivity index (χ1v) is 10.6. The number of carbonyl (C=O) groups is 1. The number of guanidine groups is 1. The first kappa shape index (κ1) is 25.1. The third-order valence-electron chi connectivity index (χ3n) is 4.56. The number of aromatic nitrogens is 3. The molecule has 0 unspecified atom stereocenters. The second-order valence-electron chi connectivity index (χ2n) is 6.77. The summed E-state index contributed by atoms with van der Waals surface area (Å²) in [6.45, 7) is 0.568. The van der Waals surface area contributed by atoms with Gasteiger partial charge < -0.3 is 20.7 Å². The monoisotopic (exact) mass is 497 g/mol. The Balaban J connectivity index is 1.79. The van der Waals surface area contributed by atoms with E-state index in [1.807, 2.05) is 0 Å². The van der Waals surface area contributed by atoms with Crippen molar-refractivity contribution < 1.29 is 13.9 Å². The Bertz CT molecular complexity index is 1280. The largest absolute Gasteiger partial charge is 0.491 e. The van der Waals surface area contributed by atoms with Crippen LogP contribution in [0.4, 0.5) is 15.9 Å². The highest BCUT2D eigenvalue weighted by Crippen LogP contribution is 2.30. The van der Waals surface area contributed by atoms with E-state index >= 15 is 0 Å². The van der Waals surface area contributed by atoms with Gasteiger partial charge in [-0.1, -0.05) is 11.6 Å². The molecule has 4 N–H and O–H groups in total. The second kappa shape index (κ2) is 12.1. The summed E-state index contributed by atoms with van der Waals surface area (Å²) < 4.78 is 19.7. The second-order valence-corrected chi connectivity index (χ2v) is 7.21. The van der Waals surface area contributed by atoms with Crippen LogP contribution >= 0.6 is 11.6 Å². The van der Waals surface area contributed by atoms with E-state index in [9.17, 15) is 9.18 Å². The lowest BCUT2D eigenvalue weighted by Gasteiger charge is -2.14. The van der Waals surface area contributed by atoms with Crippen molar-refractivity contribution in [1.82, 2.24) is 30.9 Å². The average molecular weight is 498 g/mol. The van der Waals surface area contributed by atoms with Crippen LogP contribution in [0.1, 0.15) is 10.4 Å². The van der Waals surface area contributed by atoms with Gasteiger partial charge in [0, 0.05) is 37.6 Å². The predicted octanol–water partition coefficient (Wildman–Crippen LogP) is 2.46. The number of carbonyl (C=O) groups excluding carboxylic acids is 1. The van der Waals surface area contributed by atoms with E-state index in [-0.39, 0.29) is 41.0 Å². The van der Waals surface area contributed by atoms with Crippen LogP contribution in [-0.4, -0.2) is 54.1 Å². The summed E-state index contributed by atoms with van der Waals surface area (Å²) in [4.78, 5) is 29.2. The molecule has 0 aliphatic carbocycles. The van der Waals surface area contributed by atoms with Crippen LogP contribution in [0.3, 0.4) is 0 Å². The van der Waals surface area contributed by atoms with E-state index in [1.165, 1.54) is 50.9 Å². The molecule has 180 valence electrons. The summed E-state index contributed by atoms with van der Waals surface area (Å²) in [5.74, 6) is -0.0821. The van der Waals surface area contributed by atoms with Gasteiger partial charge in [-0.15, -0.1) is 0 Å². The third-order valence-corrected chi connectivity index (χ3v) is 4.80.